The lowest BCUT2D eigenvalue weighted by Gasteiger charge is -2.32. The summed E-state index contributed by atoms with van der Waals surface area (Å²) in [5, 5.41) is 9.21. The lowest BCUT2D eigenvalue weighted by Crippen LogP contribution is -2.52. The maximum atomic E-state index is 13.3. The topological polar surface area (TPSA) is 98.2 Å². The lowest BCUT2D eigenvalue weighted by atomic mass is 10.1. The Labute approximate surface area is 197 Å². The molecule has 8 nitrogen and oxygen atoms in total. The van der Waals surface area contributed by atoms with Crippen LogP contribution in [0.15, 0.2) is 94.9 Å². The number of aliphatic imine (C=N–C) groups is 2. The molecular weight excluding hydrogens is 428 g/mol. The van der Waals surface area contributed by atoms with Gasteiger partial charge >= 0.3 is 0 Å². The standard InChI is InChI=1S/C26H24N6O2/c1-17-12-14-20(15-13-17)28-25-30-23(18-8-4-2-5-9-18)32-24(34)21(29-26(32)31-25)16-22(33)27-19-10-6-3-7-11-19/h2-15,21,23H,16H2,1H3,(H,27,33)(H2,28,29,30,31). The number of rotatable bonds is 5. The van der Waals surface area contributed by atoms with E-state index < -0.39 is 12.2 Å². The Balaban J connectivity index is 1.39. The number of hydrogen-bond acceptors (Lipinski definition) is 6. The quantitative estimate of drug-likeness (QED) is 0.550. The summed E-state index contributed by atoms with van der Waals surface area (Å²) in [6.45, 7) is 2.02. The molecule has 0 aliphatic carbocycles. The number of hydrogen-bond donors (Lipinski definition) is 3. The van der Waals surface area contributed by atoms with Gasteiger partial charge in [-0.1, -0.05) is 66.2 Å². The summed E-state index contributed by atoms with van der Waals surface area (Å²) in [4.78, 5) is 36.7. The lowest BCUT2D eigenvalue weighted by molar-refractivity contribution is -0.131. The van der Waals surface area contributed by atoms with Gasteiger partial charge in [0.15, 0.2) is 6.17 Å². The van der Waals surface area contributed by atoms with Crippen LogP contribution in [0.5, 0.6) is 0 Å². The predicted molar refractivity (Wildman–Crippen MR) is 132 cm³/mol. The maximum absolute atomic E-state index is 13.3. The van der Waals surface area contributed by atoms with E-state index in [-0.39, 0.29) is 18.2 Å². The summed E-state index contributed by atoms with van der Waals surface area (Å²) >= 11 is 0. The molecule has 2 atom stereocenters. The van der Waals surface area contributed by atoms with Gasteiger partial charge in [0.05, 0.1) is 6.42 Å². The number of carbonyl (C=O) groups is 2. The van der Waals surface area contributed by atoms with Crippen LogP contribution in [0.2, 0.25) is 0 Å². The molecule has 0 saturated heterocycles. The van der Waals surface area contributed by atoms with E-state index in [0.717, 1.165) is 16.8 Å². The molecule has 2 aliphatic rings. The highest BCUT2D eigenvalue weighted by molar-refractivity contribution is 6.15. The second-order valence-corrected chi connectivity index (χ2v) is 8.17. The van der Waals surface area contributed by atoms with Gasteiger partial charge in [0.2, 0.25) is 17.8 Å². The molecule has 0 aromatic heterocycles. The second-order valence-electron chi connectivity index (χ2n) is 8.17. The van der Waals surface area contributed by atoms with E-state index in [4.69, 9.17) is 4.99 Å². The van der Waals surface area contributed by atoms with Gasteiger partial charge in [-0.15, -0.1) is 0 Å². The molecule has 2 aliphatic heterocycles. The minimum Gasteiger partial charge on any atom is -0.326 e. The van der Waals surface area contributed by atoms with Crippen LogP contribution in [-0.4, -0.2) is 34.7 Å². The summed E-state index contributed by atoms with van der Waals surface area (Å²) < 4.78 is 0. The number of aryl methyl sites for hydroxylation is 1. The molecular formula is C26H24N6O2. The number of fused-ring (bicyclic) bond motifs is 1. The van der Waals surface area contributed by atoms with Gasteiger partial charge in [0, 0.05) is 11.4 Å². The van der Waals surface area contributed by atoms with Crippen molar-refractivity contribution in [3.8, 4) is 0 Å². The molecule has 170 valence electrons. The average molecular weight is 453 g/mol. The number of nitrogens with one attached hydrogen (secondary N) is 3. The fraction of sp³-hybridized carbons (Fsp3) is 0.154. The second kappa shape index (κ2) is 9.19. The van der Waals surface area contributed by atoms with Crippen molar-refractivity contribution in [2.24, 2.45) is 9.98 Å². The molecule has 3 N–H and O–H groups in total. The molecule has 3 aromatic carbocycles. The van der Waals surface area contributed by atoms with Gasteiger partial charge in [-0.05, 0) is 36.8 Å². The first-order valence-electron chi connectivity index (χ1n) is 11.1. The van der Waals surface area contributed by atoms with E-state index in [9.17, 15) is 9.59 Å². The van der Waals surface area contributed by atoms with E-state index in [0.29, 0.717) is 17.6 Å². The van der Waals surface area contributed by atoms with Crippen LogP contribution >= 0.6 is 0 Å². The highest BCUT2D eigenvalue weighted by Gasteiger charge is 2.43. The fourth-order valence-electron chi connectivity index (χ4n) is 3.90. The van der Waals surface area contributed by atoms with Gasteiger partial charge in [-0.25, -0.2) is 9.98 Å². The number of guanidine groups is 2. The summed E-state index contributed by atoms with van der Waals surface area (Å²) in [7, 11) is 0. The van der Waals surface area contributed by atoms with Crippen LogP contribution in [0.3, 0.4) is 0 Å². The van der Waals surface area contributed by atoms with E-state index in [1.807, 2.05) is 79.7 Å². The first kappa shape index (κ1) is 21.4. The Morgan fingerprint density at radius 2 is 1.59 bits per heavy atom. The first-order chi connectivity index (χ1) is 16.6. The number of para-hydroxylation sites is 1. The Hall–Kier alpha value is -4.46. The zero-order valence-electron chi connectivity index (χ0n) is 18.6. The number of amides is 2. The van der Waals surface area contributed by atoms with E-state index >= 15 is 0 Å². The monoisotopic (exact) mass is 452 g/mol. The summed E-state index contributed by atoms with van der Waals surface area (Å²) in [5.74, 6) is 0.317. The third-order valence-corrected chi connectivity index (χ3v) is 5.60. The van der Waals surface area contributed by atoms with Crippen molar-refractivity contribution in [3.63, 3.8) is 0 Å². The van der Waals surface area contributed by atoms with Gasteiger partial charge < -0.3 is 10.6 Å². The SMILES string of the molecule is Cc1ccc(NC2=NC(c3ccccc3)N3C(=O)C(CC(=O)Nc4ccccc4)N=C3N2)cc1. The van der Waals surface area contributed by atoms with Crippen molar-refractivity contribution in [1.29, 1.82) is 0 Å². The molecule has 3 aromatic rings. The van der Waals surface area contributed by atoms with Crippen molar-refractivity contribution in [2.75, 3.05) is 10.6 Å². The number of anilines is 2. The Morgan fingerprint density at radius 1 is 0.912 bits per heavy atom. The van der Waals surface area contributed by atoms with Crippen LogP contribution in [0.4, 0.5) is 11.4 Å². The van der Waals surface area contributed by atoms with E-state index in [2.05, 4.69) is 20.9 Å². The number of carbonyl (C=O) groups excluding carboxylic acids is 2. The van der Waals surface area contributed by atoms with Crippen LogP contribution in [0.1, 0.15) is 23.7 Å². The van der Waals surface area contributed by atoms with Gasteiger partial charge in [0.25, 0.3) is 5.91 Å². The molecule has 0 saturated carbocycles. The molecule has 5 rings (SSSR count). The predicted octanol–water partition coefficient (Wildman–Crippen LogP) is 3.66. The van der Waals surface area contributed by atoms with E-state index in [1.165, 1.54) is 4.90 Å². The van der Waals surface area contributed by atoms with Gasteiger partial charge in [-0.2, -0.15) is 0 Å². The zero-order chi connectivity index (χ0) is 23.5. The van der Waals surface area contributed by atoms with Crippen molar-refractivity contribution in [1.82, 2.24) is 10.2 Å². The molecule has 34 heavy (non-hydrogen) atoms. The highest BCUT2D eigenvalue weighted by atomic mass is 16.2. The molecule has 2 amide bonds. The maximum Gasteiger partial charge on any atom is 0.256 e. The third-order valence-electron chi connectivity index (χ3n) is 5.60. The normalized spacial score (nSPS) is 19.0. The van der Waals surface area contributed by atoms with Crippen LogP contribution in [-0.2, 0) is 9.59 Å². The highest BCUT2D eigenvalue weighted by Crippen LogP contribution is 2.30. The van der Waals surface area contributed by atoms with Crippen LogP contribution in [0.25, 0.3) is 0 Å². The number of nitrogens with zero attached hydrogens (tertiary/aromatic N) is 3. The molecule has 0 fully saturated rings. The van der Waals surface area contributed by atoms with E-state index in [1.54, 1.807) is 12.1 Å². The molecule has 0 radical (unpaired) electrons. The van der Waals surface area contributed by atoms with Crippen molar-refractivity contribution in [3.05, 3.63) is 96.1 Å². The minimum absolute atomic E-state index is 0.0579. The number of benzene rings is 3. The van der Waals surface area contributed by atoms with Crippen LogP contribution in [0, 0.1) is 6.92 Å². The molecule has 8 heteroatoms. The molecule has 2 heterocycles. The van der Waals surface area contributed by atoms with Crippen molar-refractivity contribution in [2.45, 2.75) is 25.6 Å². The van der Waals surface area contributed by atoms with Gasteiger partial charge in [-0.3, -0.25) is 19.8 Å². The third kappa shape index (κ3) is 4.52. The Bertz CT molecular complexity index is 1260. The van der Waals surface area contributed by atoms with Gasteiger partial charge in [0.1, 0.15) is 6.04 Å². The summed E-state index contributed by atoms with van der Waals surface area (Å²) in [6.07, 6.45) is -0.652. The summed E-state index contributed by atoms with van der Waals surface area (Å²) in [5.41, 5.74) is 3.54. The van der Waals surface area contributed by atoms with Crippen molar-refractivity contribution < 1.29 is 9.59 Å². The summed E-state index contributed by atoms with van der Waals surface area (Å²) in [6, 6.07) is 25.8. The fourth-order valence-corrected chi connectivity index (χ4v) is 3.90. The Morgan fingerprint density at radius 3 is 2.29 bits per heavy atom. The smallest absolute Gasteiger partial charge is 0.256 e. The zero-order valence-corrected chi connectivity index (χ0v) is 18.6. The molecule has 0 bridgehead atoms. The molecule has 0 spiro atoms. The molecule has 2 unspecified atom stereocenters. The van der Waals surface area contributed by atoms with Crippen LogP contribution < -0.4 is 16.0 Å². The van der Waals surface area contributed by atoms with Crippen molar-refractivity contribution >= 4 is 35.1 Å². The Kier molecular flexibility index (Phi) is 5.78. The average Bonchev–Trinajstić information content (AvgIpc) is 3.16. The minimum atomic E-state index is -0.827. The first-order valence-corrected chi connectivity index (χ1v) is 11.1. The largest absolute Gasteiger partial charge is 0.326 e.